The van der Waals surface area contributed by atoms with E-state index in [4.69, 9.17) is 11.6 Å². The van der Waals surface area contributed by atoms with Crippen LogP contribution in [0.15, 0.2) is 42.6 Å². The van der Waals surface area contributed by atoms with E-state index in [1.807, 2.05) is 37.3 Å². The summed E-state index contributed by atoms with van der Waals surface area (Å²) in [4.78, 5) is 18.0. The lowest BCUT2D eigenvalue weighted by atomic mass is 10.2. The van der Waals surface area contributed by atoms with E-state index in [-0.39, 0.29) is 5.91 Å². The second-order valence-electron chi connectivity index (χ2n) is 4.48. The molecular formula is C15H15ClN2O. The first-order valence-electron chi connectivity index (χ1n) is 5.99. The number of halogens is 1. The number of aryl methyl sites for hydroxylation is 1. The minimum atomic E-state index is -0.0394. The highest BCUT2D eigenvalue weighted by Gasteiger charge is 2.12. The van der Waals surface area contributed by atoms with E-state index >= 15 is 0 Å². The highest BCUT2D eigenvalue weighted by molar-refractivity contribution is 6.30. The fraction of sp³-hybridized carbons (Fsp3) is 0.200. The third-order valence-electron chi connectivity index (χ3n) is 2.84. The van der Waals surface area contributed by atoms with Crippen LogP contribution in [0.2, 0.25) is 5.02 Å². The summed E-state index contributed by atoms with van der Waals surface area (Å²) in [7, 11) is 1.77. The fourth-order valence-electron chi connectivity index (χ4n) is 1.75. The summed E-state index contributed by atoms with van der Waals surface area (Å²) >= 11 is 5.83. The molecule has 2 aromatic rings. The lowest BCUT2D eigenvalue weighted by Gasteiger charge is -2.17. The van der Waals surface area contributed by atoms with Gasteiger partial charge in [-0.25, -0.2) is 0 Å². The molecule has 1 amide bonds. The Morgan fingerprint density at radius 3 is 2.47 bits per heavy atom. The molecule has 0 aliphatic carbocycles. The molecule has 0 N–H and O–H groups in total. The minimum Gasteiger partial charge on any atom is -0.337 e. The summed E-state index contributed by atoms with van der Waals surface area (Å²) in [5.41, 5.74) is 2.54. The predicted octanol–water partition coefficient (Wildman–Crippen LogP) is 3.32. The Hall–Kier alpha value is -1.87. The van der Waals surface area contributed by atoms with Crippen molar-refractivity contribution in [1.29, 1.82) is 0 Å². The normalized spacial score (nSPS) is 10.3. The number of hydrogen-bond acceptors (Lipinski definition) is 2. The number of amides is 1. The molecule has 0 bridgehead atoms. The van der Waals surface area contributed by atoms with Crippen molar-refractivity contribution in [2.75, 3.05) is 7.05 Å². The molecular weight excluding hydrogens is 260 g/mol. The first-order valence-corrected chi connectivity index (χ1v) is 6.36. The van der Waals surface area contributed by atoms with Crippen LogP contribution in [0.5, 0.6) is 0 Å². The standard InChI is InChI=1S/C15H15ClN2O/c1-11-3-6-13(9-17-11)15(19)18(2)10-12-4-7-14(16)8-5-12/h3-9H,10H2,1-2H3. The SMILES string of the molecule is Cc1ccc(C(=O)N(C)Cc2ccc(Cl)cc2)cn1. The minimum absolute atomic E-state index is 0.0394. The molecule has 0 spiro atoms. The third kappa shape index (κ3) is 3.55. The van der Waals surface area contributed by atoms with Crippen molar-refractivity contribution in [3.05, 3.63) is 64.4 Å². The Morgan fingerprint density at radius 1 is 1.21 bits per heavy atom. The van der Waals surface area contributed by atoms with Crippen molar-refractivity contribution in [2.45, 2.75) is 13.5 Å². The number of carbonyl (C=O) groups is 1. The molecule has 0 aliphatic rings. The monoisotopic (exact) mass is 274 g/mol. The lowest BCUT2D eigenvalue weighted by Crippen LogP contribution is -2.26. The van der Waals surface area contributed by atoms with Gasteiger partial charge in [-0.05, 0) is 36.8 Å². The van der Waals surface area contributed by atoms with E-state index in [1.165, 1.54) is 0 Å². The maximum absolute atomic E-state index is 12.2. The summed E-state index contributed by atoms with van der Waals surface area (Å²) in [5, 5.41) is 0.695. The number of nitrogens with zero attached hydrogens (tertiary/aromatic N) is 2. The maximum Gasteiger partial charge on any atom is 0.255 e. The number of carbonyl (C=O) groups excluding carboxylic acids is 1. The van der Waals surface area contributed by atoms with Crippen molar-refractivity contribution >= 4 is 17.5 Å². The zero-order chi connectivity index (χ0) is 13.8. The lowest BCUT2D eigenvalue weighted by molar-refractivity contribution is 0.0784. The van der Waals surface area contributed by atoms with E-state index < -0.39 is 0 Å². The van der Waals surface area contributed by atoms with Gasteiger partial charge in [-0.15, -0.1) is 0 Å². The van der Waals surface area contributed by atoms with E-state index in [0.717, 1.165) is 11.3 Å². The van der Waals surface area contributed by atoms with Crippen LogP contribution < -0.4 is 0 Å². The van der Waals surface area contributed by atoms with Gasteiger partial charge in [0.1, 0.15) is 0 Å². The molecule has 4 heteroatoms. The van der Waals surface area contributed by atoms with Crippen molar-refractivity contribution < 1.29 is 4.79 Å². The molecule has 0 radical (unpaired) electrons. The Bertz CT molecular complexity index is 564. The van der Waals surface area contributed by atoms with Crippen LogP contribution in [-0.2, 0) is 6.54 Å². The van der Waals surface area contributed by atoms with E-state index in [1.54, 1.807) is 24.2 Å². The predicted molar refractivity (Wildman–Crippen MR) is 76.2 cm³/mol. The van der Waals surface area contributed by atoms with Crippen LogP contribution in [0.25, 0.3) is 0 Å². The molecule has 0 saturated carbocycles. The molecule has 0 aliphatic heterocycles. The van der Waals surface area contributed by atoms with Gasteiger partial charge in [0.2, 0.25) is 0 Å². The molecule has 0 saturated heterocycles. The first kappa shape index (κ1) is 13.6. The molecule has 19 heavy (non-hydrogen) atoms. The average molecular weight is 275 g/mol. The second-order valence-corrected chi connectivity index (χ2v) is 4.91. The van der Waals surface area contributed by atoms with Crippen molar-refractivity contribution in [3.8, 4) is 0 Å². The Kier molecular flexibility index (Phi) is 4.17. The van der Waals surface area contributed by atoms with E-state index in [9.17, 15) is 4.79 Å². The Morgan fingerprint density at radius 2 is 1.89 bits per heavy atom. The van der Waals surface area contributed by atoms with Crippen LogP contribution in [0.4, 0.5) is 0 Å². The quantitative estimate of drug-likeness (QED) is 0.860. The van der Waals surface area contributed by atoms with Crippen LogP contribution in [0.3, 0.4) is 0 Å². The van der Waals surface area contributed by atoms with Gasteiger partial charge < -0.3 is 4.90 Å². The highest BCUT2D eigenvalue weighted by atomic mass is 35.5. The number of aromatic nitrogens is 1. The summed E-state index contributed by atoms with van der Waals surface area (Å²) in [6, 6.07) is 11.1. The van der Waals surface area contributed by atoms with Crippen molar-refractivity contribution in [1.82, 2.24) is 9.88 Å². The summed E-state index contributed by atoms with van der Waals surface area (Å²) in [6.45, 7) is 2.44. The van der Waals surface area contributed by atoms with Crippen molar-refractivity contribution in [3.63, 3.8) is 0 Å². The summed E-state index contributed by atoms with van der Waals surface area (Å²) in [5.74, 6) is -0.0394. The molecule has 0 atom stereocenters. The molecule has 0 unspecified atom stereocenters. The topological polar surface area (TPSA) is 33.2 Å². The smallest absolute Gasteiger partial charge is 0.255 e. The number of hydrogen-bond donors (Lipinski definition) is 0. The number of pyridine rings is 1. The largest absolute Gasteiger partial charge is 0.337 e. The van der Waals surface area contributed by atoms with E-state index in [0.29, 0.717) is 17.1 Å². The van der Waals surface area contributed by atoms with Gasteiger partial charge in [-0.1, -0.05) is 23.7 Å². The molecule has 3 nitrogen and oxygen atoms in total. The van der Waals surface area contributed by atoms with Crippen LogP contribution in [0.1, 0.15) is 21.6 Å². The molecule has 2 rings (SSSR count). The Balaban J connectivity index is 2.07. The molecule has 98 valence electrons. The average Bonchev–Trinajstić information content (AvgIpc) is 2.41. The van der Waals surface area contributed by atoms with Gasteiger partial charge >= 0.3 is 0 Å². The van der Waals surface area contributed by atoms with Gasteiger partial charge in [0.25, 0.3) is 5.91 Å². The first-order chi connectivity index (χ1) is 9.06. The van der Waals surface area contributed by atoms with Crippen LogP contribution in [0, 0.1) is 6.92 Å². The van der Waals surface area contributed by atoms with Gasteiger partial charge in [-0.3, -0.25) is 9.78 Å². The van der Waals surface area contributed by atoms with Gasteiger partial charge in [0.05, 0.1) is 5.56 Å². The van der Waals surface area contributed by atoms with Gasteiger partial charge in [0, 0.05) is 30.5 Å². The van der Waals surface area contributed by atoms with Gasteiger partial charge in [-0.2, -0.15) is 0 Å². The summed E-state index contributed by atoms with van der Waals surface area (Å²) in [6.07, 6.45) is 1.61. The zero-order valence-electron chi connectivity index (χ0n) is 10.9. The third-order valence-corrected chi connectivity index (χ3v) is 3.09. The Labute approximate surface area is 117 Å². The highest BCUT2D eigenvalue weighted by Crippen LogP contribution is 2.12. The second kappa shape index (κ2) is 5.85. The molecule has 1 aromatic heterocycles. The fourth-order valence-corrected chi connectivity index (χ4v) is 1.88. The van der Waals surface area contributed by atoms with Crippen molar-refractivity contribution in [2.24, 2.45) is 0 Å². The van der Waals surface area contributed by atoms with Gasteiger partial charge in [0.15, 0.2) is 0 Å². The number of benzene rings is 1. The molecule has 1 heterocycles. The zero-order valence-corrected chi connectivity index (χ0v) is 11.7. The molecule has 0 fully saturated rings. The van der Waals surface area contributed by atoms with Crippen LogP contribution >= 0.6 is 11.6 Å². The van der Waals surface area contributed by atoms with Crippen LogP contribution in [-0.4, -0.2) is 22.8 Å². The molecule has 1 aromatic carbocycles. The maximum atomic E-state index is 12.2. The van der Waals surface area contributed by atoms with E-state index in [2.05, 4.69) is 4.98 Å². The summed E-state index contributed by atoms with van der Waals surface area (Å²) < 4.78 is 0. The number of rotatable bonds is 3.